The van der Waals surface area contributed by atoms with E-state index in [9.17, 15) is 4.79 Å². The summed E-state index contributed by atoms with van der Waals surface area (Å²) in [6.07, 6.45) is 2.83. The van der Waals surface area contributed by atoms with E-state index in [-0.39, 0.29) is 24.2 Å². The van der Waals surface area contributed by atoms with Gasteiger partial charge in [0.15, 0.2) is 0 Å². The summed E-state index contributed by atoms with van der Waals surface area (Å²) in [5.41, 5.74) is 0. The zero-order valence-electron chi connectivity index (χ0n) is 9.25. The Bertz CT molecular complexity index is 173. The molecule has 1 heterocycles. The van der Waals surface area contributed by atoms with Crippen LogP contribution in [0.1, 0.15) is 19.3 Å². The Hall–Kier alpha value is -0.320. The molecule has 5 heteroatoms. The molecule has 1 rings (SSSR count). The monoisotopic (exact) mass is 236 g/mol. The first-order valence-electron chi connectivity index (χ1n) is 5.32. The lowest BCUT2D eigenvalue weighted by Gasteiger charge is -2.21. The summed E-state index contributed by atoms with van der Waals surface area (Å²) in [5.74, 6) is 0.432. The van der Waals surface area contributed by atoms with Crippen molar-refractivity contribution in [1.29, 1.82) is 0 Å². The molecular formula is C10H21ClN2O2. The molecule has 90 valence electrons. The maximum absolute atomic E-state index is 11.6. The molecule has 0 unspecified atom stereocenters. The first-order valence-corrected chi connectivity index (χ1v) is 5.32. The van der Waals surface area contributed by atoms with Gasteiger partial charge in [-0.25, -0.2) is 0 Å². The maximum atomic E-state index is 11.6. The molecule has 1 fully saturated rings. The molecule has 0 radical (unpaired) electrons. The average molecular weight is 237 g/mol. The van der Waals surface area contributed by atoms with Crippen molar-refractivity contribution < 1.29 is 9.53 Å². The number of nitrogens with one attached hydrogen (secondary N) is 2. The highest BCUT2D eigenvalue weighted by Crippen LogP contribution is 2.10. The van der Waals surface area contributed by atoms with Crippen molar-refractivity contribution in [3.8, 4) is 0 Å². The molecular weight excluding hydrogens is 216 g/mol. The van der Waals surface area contributed by atoms with Crippen molar-refractivity contribution in [3.63, 3.8) is 0 Å². The number of carbonyl (C=O) groups is 1. The quantitative estimate of drug-likeness (QED) is 0.686. The van der Waals surface area contributed by atoms with Gasteiger partial charge >= 0.3 is 0 Å². The minimum absolute atomic E-state index is 0. The minimum atomic E-state index is 0. The third kappa shape index (κ3) is 5.97. The van der Waals surface area contributed by atoms with Crippen molar-refractivity contribution in [1.82, 2.24) is 10.6 Å². The summed E-state index contributed by atoms with van der Waals surface area (Å²) in [7, 11) is 1.68. The largest absolute Gasteiger partial charge is 0.385 e. The van der Waals surface area contributed by atoms with Crippen LogP contribution in [-0.2, 0) is 9.53 Å². The second kappa shape index (κ2) is 8.95. The molecule has 1 aliphatic heterocycles. The SMILES string of the molecule is COCCCNC(=O)C1CCNCC1.Cl. The Balaban J connectivity index is 0.00000196. The van der Waals surface area contributed by atoms with E-state index in [0.29, 0.717) is 6.61 Å². The molecule has 15 heavy (non-hydrogen) atoms. The van der Waals surface area contributed by atoms with Crippen molar-refractivity contribution in [2.45, 2.75) is 19.3 Å². The van der Waals surface area contributed by atoms with E-state index in [1.54, 1.807) is 7.11 Å². The highest BCUT2D eigenvalue weighted by molar-refractivity contribution is 5.85. The molecule has 2 N–H and O–H groups in total. The van der Waals surface area contributed by atoms with E-state index in [2.05, 4.69) is 10.6 Å². The van der Waals surface area contributed by atoms with Gasteiger partial charge in [0, 0.05) is 26.2 Å². The molecule has 0 saturated carbocycles. The van der Waals surface area contributed by atoms with Crippen LogP contribution in [0, 0.1) is 5.92 Å². The number of piperidine rings is 1. The first kappa shape index (κ1) is 14.7. The van der Waals surface area contributed by atoms with Crippen LogP contribution in [0.5, 0.6) is 0 Å². The number of hydrogen-bond donors (Lipinski definition) is 2. The van der Waals surface area contributed by atoms with E-state index in [1.165, 1.54) is 0 Å². The number of rotatable bonds is 5. The number of amides is 1. The zero-order valence-corrected chi connectivity index (χ0v) is 10.1. The Kier molecular flexibility index (Phi) is 8.76. The van der Waals surface area contributed by atoms with Crippen LogP contribution >= 0.6 is 12.4 Å². The zero-order chi connectivity index (χ0) is 10.2. The van der Waals surface area contributed by atoms with Crippen molar-refractivity contribution in [3.05, 3.63) is 0 Å². The van der Waals surface area contributed by atoms with Crippen LogP contribution < -0.4 is 10.6 Å². The van der Waals surface area contributed by atoms with Gasteiger partial charge in [0.1, 0.15) is 0 Å². The average Bonchev–Trinajstić information content (AvgIpc) is 2.25. The van der Waals surface area contributed by atoms with Gasteiger partial charge in [0.05, 0.1) is 0 Å². The molecule has 0 aromatic carbocycles. The summed E-state index contributed by atoms with van der Waals surface area (Å²) in [6.45, 7) is 3.38. The Morgan fingerprint density at radius 1 is 1.47 bits per heavy atom. The fourth-order valence-corrected chi connectivity index (χ4v) is 1.66. The summed E-state index contributed by atoms with van der Waals surface area (Å²) in [6, 6.07) is 0. The third-order valence-corrected chi connectivity index (χ3v) is 2.53. The van der Waals surface area contributed by atoms with Gasteiger partial charge in [-0.2, -0.15) is 0 Å². The highest BCUT2D eigenvalue weighted by Gasteiger charge is 2.19. The van der Waals surface area contributed by atoms with Crippen LogP contribution in [0.15, 0.2) is 0 Å². The molecule has 4 nitrogen and oxygen atoms in total. The molecule has 1 saturated heterocycles. The van der Waals surface area contributed by atoms with E-state index in [0.717, 1.165) is 38.9 Å². The number of methoxy groups -OCH3 is 1. The highest BCUT2D eigenvalue weighted by atomic mass is 35.5. The van der Waals surface area contributed by atoms with E-state index >= 15 is 0 Å². The lowest BCUT2D eigenvalue weighted by Crippen LogP contribution is -2.38. The molecule has 0 spiro atoms. The fourth-order valence-electron chi connectivity index (χ4n) is 1.66. The van der Waals surface area contributed by atoms with Crippen LogP contribution in [0.25, 0.3) is 0 Å². The second-order valence-corrected chi connectivity index (χ2v) is 3.66. The smallest absolute Gasteiger partial charge is 0.223 e. The van der Waals surface area contributed by atoms with Gasteiger partial charge < -0.3 is 15.4 Å². The van der Waals surface area contributed by atoms with Gasteiger partial charge in [0.25, 0.3) is 0 Å². The van der Waals surface area contributed by atoms with Crippen molar-refractivity contribution in [2.24, 2.45) is 5.92 Å². The molecule has 0 aliphatic carbocycles. The molecule has 0 aromatic rings. The molecule has 1 aliphatic rings. The topological polar surface area (TPSA) is 50.4 Å². The Labute approximate surface area is 97.5 Å². The van der Waals surface area contributed by atoms with Gasteiger partial charge in [0.2, 0.25) is 5.91 Å². The van der Waals surface area contributed by atoms with Crippen LogP contribution in [0.2, 0.25) is 0 Å². The number of halogens is 1. The predicted molar refractivity (Wildman–Crippen MR) is 62.3 cm³/mol. The van der Waals surface area contributed by atoms with Gasteiger partial charge in [-0.3, -0.25) is 4.79 Å². The fraction of sp³-hybridized carbons (Fsp3) is 0.900. The molecule has 0 bridgehead atoms. The third-order valence-electron chi connectivity index (χ3n) is 2.53. The van der Waals surface area contributed by atoms with Crippen molar-refractivity contribution in [2.75, 3.05) is 33.4 Å². The summed E-state index contributed by atoms with van der Waals surface area (Å²) >= 11 is 0. The van der Waals surface area contributed by atoms with E-state index < -0.39 is 0 Å². The second-order valence-electron chi connectivity index (χ2n) is 3.66. The lowest BCUT2D eigenvalue weighted by atomic mass is 9.97. The van der Waals surface area contributed by atoms with Crippen molar-refractivity contribution >= 4 is 18.3 Å². The Morgan fingerprint density at radius 3 is 2.73 bits per heavy atom. The number of carbonyl (C=O) groups excluding carboxylic acids is 1. The van der Waals surface area contributed by atoms with Crippen LogP contribution in [-0.4, -0.2) is 39.3 Å². The van der Waals surface area contributed by atoms with E-state index in [1.807, 2.05) is 0 Å². The first-order chi connectivity index (χ1) is 6.84. The minimum Gasteiger partial charge on any atom is -0.385 e. The maximum Gasteiger partial charge on any atom is 0.223 e. The summed E-state index contributed by atoms with van der Waals surface area (Å²) < 4.78 is 4.91. The van der Waals surface area contributed by atoms with Crippen LogP contribution in [0.3, 0.4) is 0 Å². The number of ether oxygens (including phenoxy) is 1. The van der Waals surface area contributed by atoms with Gasteiger partial charge in [-0.15, -0.1) is 12.4 Å². The Morgan fingerprint density at radius 2 is 2.13 bits per heavy atom. The van der Waals surface area contributed by atoms with Gasteiger partial charge in [-0.05, 0) is 32.4 Å². The lowest BCUT2D eigenvalue weighted by molar-refractivity contribution is -0.125. The predicted octanol–water partition coefficient (Wildman–Crippen LogP) is 0.560. The van der Waals surface area contributed by atoms with Crippen LogP contribution in [0.4, 0.5) is 0 Å². The molecule has 0 aromatic heterocycles. The molecule has 0 atom stereocenters. The van der Waals surface area contributed by atoms with E-state index in [4.69, 9.17) is 4.74 Å². The summed E-state index contributed by atoms with van der Waals surface area (Å²) in [4.78, 5) is 11.6. The normalized spacial score (nSPS) is 16.9. The summed E-state index contributed by atoms with van der Waals surface area (Å²) in [5, 5.41) is 6.19. The molecule has 1 amide bonds. The standard InChI is InChI=1S/C10H20N2O2.ClH/c1-14-8-2-5-12-10(13)9-3-6-11-7-4-9;/h9,11H,2-8H2,1H3,(H,12,13);1H. The van der Waals surface area contributed by atoms with Gasteiger partial charge in [-0.1, -0.05) is 0 Å². The number of hydrogen-bond acceptors (Lipinski definition) is 3.